The summed E-state index contributed by atoms with van der Waals surface area (Å²) in [7, 11) is 0. The molecule has 0 aliphatic carbocycles. The smallest absolute Gasteiger partial charge is 0.414 e. The van der Waals surface area contributed by atoms with Gasteiger partial charge in [0.15, 0.2) is 11.6 Å². The first-order chi connectivity index (χ1) is 15.0. The molecule has 2 aliphatic heterocycles. The number of hydroxylamine groups is 2. The van der Waals surface area contributed by atoms with Crippen molar-refractivity contribution in [1.82, 2.24) is 15.0 Å². The summed E-state index contributed by atoms with van der Waals surface area (Å²) in [5.41, 5.74) is 5.39. The quantitative estimate of drug-likeness (QED) is 0.756. The van der Waals surface area contributed by atoms with E-state index in [0.717, 1.165) is 22.1 Å². The van der Waals surface area contributed by atoms with Gasteiger partial charge in [-0.1, -0.05) is 0 Å². The molecule has 10 nitrogen and oxygen atoms in total. The number of carbonyl (C=O) groups is 2. The van der Waals surface area contributed by atoms with Crippen LogP contribution in [0.15, 0.2) is 30.7 Å². The minimum Gasteiger partial charge on any atom is -0.443 e. The molecule has 2 amide bonds. The number of anilines is 2. The van der Waals surface area contributed by atoms with E-state index >= 15 is 0 Å². The average Bonchev–Trinajstić information content (AvgIpc) is 2.99. The van der Waals surface area contributed by atoms with E-state index in [0.29, 0.717) is 0 Å². The Bertz CT molecular complexity index is 956. The summed E-state index contributed by atoms with van der Waals surface area (Å²) in [4.78, 5) is 40.2. The molecule has 164 valence electrons. The minimum atomic E-state index is -0.840. The predicted octanol–water partition coefficient (Wildman–Crippen LogP) is 0.933. The lowest BCUT2D eigenvalue weighted by atomic mass is 10.2. The summed E-state index contributed by atoms with van der Waals surface area (Å²) >= 11 is 0. The summed E-state index contributed by atoms with van der Waals surface area (Å²) in [6, 6.07) is 2.15. The van der Waals surface area contributed by atoms with Crippen LogP contribution in [-0.2, 0) is 9.57 Å². The number of ether oxygens (including phenoxy) is 1. The first-order valence-corrected chi connectivity index (χ1v) is 9.61. The van der Waals surface area contributed by atoms with Crippen molar-refractivity contribution < 1.29 is 27.9 Å². The van der Waals surface area contributed by atoms with Gasteiger partial charge in [0.1, 0.15) is 17.5 Å². The van der Waals surface area contributed by atoms with Crippen LogP contribution in [0.1, 0.15) is 10.5 Å². The van der Waals surface area contributed by atoms with Crippen molar-refractivity contribution in [2.75, 3.05) is 49.1 Å². The van der Waals surface area contributed by atoms with Gasteiger partial charge in [-0.05, 0) is 0 Å². The fourth-order valence-corrected chi connectivity index (χ4v) is 3.44. The van der Waals surface area contributed by atoms with Crippen LogP contribution < -0.4 is 15.5 Å². The van der Waals surface area contributed by atoms with E-state index in [4.69, 9.17) is 15.3 Å². The van der Waals surface area contributed by atoms with Gasteiger partial charge in [0.25, 0.3) is 5.91 Å². The number of carbonyl (C=O) groups excluding carboxylic acids is 2. The lowest BCUT2D eigenvalue weighted by Crippen LogP contribution is -2.35. The topological polar surface area (TPSA) is 114 Å². The van der Waals surface area contributed by atoms with Crippen LogP contribution >= 0.6 is 0 Å². The highest BCUT2D eigenvalue weighted by atomic mass is 19.1. The number of hydrogen-bond donors (Lipinski definition) is 1. The van der Waals surface area contributed by atoms with Crippen LogP contribution in [0, 0.1) is 11.6 Å². The Morgan fingerprint density at radius 3 is 2.61 bits per heavy atom. The number of amides is 2. The molecular formula is C19H20F2N6O4. The molecule has 1 aromatic heterocycles. The number of nitrogens with two attached hydrogens (primary N) is 1. The molecule has 2 aliphatic rings. The third kappa shape index (κ3) is 4.25. The molecule has 3 heterocycles. The first kappa shape index (κ1) is 20.9. The van der Waals surface area contributed by atoms with Crippen LogP contribution in [0.5, 0.6) is 0 Å². The van der Waals surface area contributed by atoms with Gasteiger partial charge < -0.3 is 15.4 Å². The van der Waals surface area contributed by atoms with Crippen LogP contribution in [0.2, 0.25) is 0 Å². The second kappa shape index (κ2) is 8.78. The number of benzene rings is 1. The standard InChI is InChI=1S/C19H20F2N6O4/c20-14-7-12(26-11-13(9-22)31-19(26)29)8-15(21)17(14)25-3-4-27(30-6-5-25)18(28)16-10-23-1-2-24-16/h1-2,7-8,10,13H,3-6,9,11,22H2/t13-/m0/s1. The second-order valence-electron chi connectivity index (χ2n) is 6.93. The highest BCUT2D eigenvalue weighted by Gasteiger charge is 2.33. The van der Waals surface area contributed by atoms with Crippen molar-refractivity contribution in [1.29, 1.82) is 0 Å². The van der Waals surface area contributed by atoms with Gasteiger partial charge in [-0.2, -0.15) is 0 Å². The number of nitrogens with zero attached hydrogens (tertiary/aromatic N) is 5. The van der Waals surface area contributed by atoms with Gasteiger partial charge in [0.2, 0.25) is 0 Å². The molecule has 31 heavy (non-hydrogen) atoms. The molecule has 4 rings (SSSR count). The highest BCUT2D eigenvalue weighted by molar-refractivity contribution is 5.91. The Hall–Kier alpha value is -3.38. The molecule has 0 saturated carbocycles. The zero-order chi connectivity index (χ0) is 22.0. The third-order valence-electron chi connectivity index (χ3n) is 4.96. The maximum absolute atomic E-state index is 14.9. The molecule has 2 saturated heterocycles. The second-order valence-corrected chi connectivity index (χ2v) is 6.93. The van der Waals surface area contributed by atoms with Gasteiger partial charge in [-0.3, -0.25) is 19.5 Å². The SMILES string of the molecule is NC[C@H]1CN(c2cc(F)c(N3CCON(C(=O)c4cnccn4)CC3)c(F)c2)C(=O)O1. The number of cyclic esters (lactones) is 1. The molecule has 0 bridgehead atoms. The molecular weight excluding hydrogens is 414 g/mol. The van der Waals surface area contributed by atoms with E-state index in [9.17, 15) is 18.4 Å². The molecule has 2 N–H and O–H groups in total. The Morgan fingerprint density at radius 1 is 1.19 bits per heavy atom. The summed E-state index contributed by atoms with van der Waals surface area (Å²) < 4.78 is 34.8. The van der Waals surface area contributed by atoms with Crippen molar-refractivity contribution in [2.24, 2.45) is 5.73 Å². The molecule has 12 heteroatoms. The van der Waals surface area contributed by atoms with Crippen molar-refractivity contribution in [3.05, 3.63) is 48.1 Å². The summed E-state index contributed by atoms with van der Waals surface area (Å²) in [5.74, 6) is -2.17. The Kier molecular flexibility index (Phi) is 5.91. The van der Waals surface area contributed by atoms with Gasteiger partial charge in [-0.25, -0.2) is 23.6 Å². The normalized spacial score (nSPS) is 19.4. The van der Waals surface area contributed by atoms with Crippen molar-refractivity contribution in [2.45, 2.75) is 6.10 Å². The first-order valence-electron chi connectivity index (χ1n) is 9.61. The van der Waals surface area contributed by atoms with Crippen molar-refractivity contribution >= 4 is 23.4 Å². The fourth-order valence-electron chi connectivity index (χ4n) is 3.44. The average molecular weight is 434 g/mol. The van der Waals surface area contributed by atoms with E-state index < -0.39 is 29.7 Å². The van der Waals surface area contributed by atoms with Gasteiger partial charge in [-0.15, -0.1) is 0 Å². The van der Waals surface area contributed by atoms with E-state index in [1.807, 2.05) is 0 Å². The maximum Gasteiger partial charge on any atom is 0.414 e. The van der Waals surface area contributed by atoms with Crippen molar-refractivity contribution in [3.8, 4) is 0 Å². The lowest BCUT2D eigenvalue weighted by Gasteiger charge is -2.24. The highest BCUT2D eigenvalue weighted by Crippen LogP contribution is 2.31. The number of rotatable bonds is 4. The molecule has 0 spiro atoms. The van der Waals surface area contributed by atoms with E-state index in [-0.39, 0.29) is 56.4 Å². The predicted molar refractivity (Wildman–Crippen MR) is 104 cm³/mol. The van der Waals surface area contributed by atoms with E-state index in [1.54, 1.807) is 0 Å². The Balaban J connectivity index is 1.50. The Labute approximate surface area is 176 Å². The maximum atomic E-state index is 14.9. The fraction of sp³-hybridized carbons (Fsp3) is 0.368. The summed E-state index contributed by atoms with van der Waals surface area (Å²) in [6.07, 6.45) is 2.90. The summed E-state index contributed by atoms with van der Waals surface area (Å²) in [5, 5.41) is 1.10. The number of hydrogen-bond acceptors (Lipinski definition) is 8. The lowest BCUT2D eigenvalue weighted by molar-refractivity contribution is -0.112. The zero-order valence-corrected chi connectivity index (χ0v) is 16.4. The van der Waals surface area contributed by atoms with Gasteiger partial charge in [0.05, 0.1) is 31.6 Å². The van der Waals surface area contributed by atoms with Gasteiger partial charge >= 0.3 is 6.09 Å². The molecule has 0 radical (unpaired) electrons. The Morgan fingerprint density at radius 2 is 1.97 bits per heavy atom. The summed E-state index contributed by atoms with van der Waals surface area (Å²) in [6.45, 7) is 0.599. The van der Waals surface area contributed by atoms with E-state index in [2.05, 4.69) is 9.97 Å². The molecule has 2 fully saturated rings. The number of halogens is 2. The molecule has 1 atom stereocenters. The zero-order valence-electron chi connectivity index (χ0n) is 16.4. The number of aromatic nitrogens is 2. The van der Waals surface area contributed by atoms with Gasteiger partial charge in [0, 0.05) is 44.2 Å². The molecule has 1 aromatic carbocycles. The van der Waals surface area contributed by atoms with Crippen molar-refractivity contribution in [3.63, 3.8) is 0 Å². The molecule has 2 aromatic rings. The van der Waals surface area contributed by atoms with E-state index in [1.165, 1.54) is 23.5 Å². The van der Waals surface area contributed by atoms with Crippen LogP contribution in [0.25, 0.3) is 0 Å². The largest absolute Gasteiger partial charge is 0.443 e. The third-order valence-corrected chi connectivity index (χ3v) is 4.96. The monoisotopic (exact) mass is 434 g/mol. The molecule has 0 unspecified atom stereocenters. The van der Waals surface area contributed by atoms with Crippen LogP contribution in [0.4, 0.5) is 25.0 Å². The van der Waals surface area contributed by atoms with Crippen LogP contribution in [-0.4, -0.2) is 72.5 Å². The minimum absolute atomic E-state index is 0.0310. The van der Waals surface area contributed by atoms with Crippen LogP contribution in [0.3, 0.4) is 0 Å².